The van der Waals surface area contributed by atoms with Gasteiger partial charge in [0.05, 0.1) is 0 Å². The molecule has 0 saturated heterocycles. The van der Waals surface area contributed by atoms with Crippen LogP contribution < -0.4 is 0 Å². The summed E-state index contributed by atoms with van der Waals surface area (Å²) in [7, 11) is 0. The third-order valence-electron chi connectivity index (χ3n) is 2.70. The zero-order valence-electron chi connectivity index (χ0n) is 9.62. The molecule has 0 amide bonds. The minimum absolute atomic E-state index is 0.0499. The number of rotatable bonds is 2. The SMILES string of the molecule is Cc1ccc(F)c(C(O)c2cc(Br)ccc2F)c1. The highest BCUT2D eigenvalue weighted by molar-refractivity contribution is 9.10. The molecule has 0 fully saturated rings. The zero-order chi connectivity index (χ0) is 13.3. The Balaban J connectivity index is 2.50. The Morgan fingerprint density at radius 3 is 2.22 bits per heavy atom. The molecule has 0 aliphatic carbocycles. The molecule has 1 nitrogen and oxygen atoms in total. The van der Waals surface area contributed by atoms with Crippen molar-refractivity contribution in [3.8, 4) is 0 Å². The van der Waals surface area contributed by atoms with Gasteiger partial charge >= 0.3 is 0 Å². The van der Waals surface area contributed by atoms with Crippen LogP contribution in [0.15, 0.2) is 40.9 Å². The highest BCUT2D eigenvalue weighted by Crippen LogP contribution is 2.29. The van der Waals surface area contributed by atoms with Gasteiger partial charge < -0.3 is 5.11 Å². The van der Waals surface area contributed by atoms with E-state index in [1.807, 2.05) is 0 Å². The third-order valence-corrected chi connectivity index (χ3v) is 3.19. The fourth-order valence-electron chi connectivity index (χ4n) is 1.76. The van der Waals surface area contributed by atoms with Gasteiger partial charge in [-0.25, -0.2) is 8.78 Å². The molecule has 1 unspecified atom stereocenters. The zero-order valence-corrected chi connectivity index (χ0v) is 11.2. The number of aliphatic hydroxyl groups excluding tert-OH is 1. The highest BCUT2D eigenvalue weighted by atomic mass is 79.9. The molecule has 1 N–H and O–H groups in total. The Hall–Kier alpha value is -1.26. The van der Waals surface area contributed by atoms with Gasteiger partial charge in [-0.15, -0.1) is 0 Å². The van der Waals surface area contributed by atoms with E-state index in [-0.39, 0.29) is 11.1 Å². The maximum Gasteiger partial charge on any atom is 0.129 e. The summed E-state index contributed by atoms with van der Waals surface area (Å²) in [4.78, 5) is 0. The predicted molar refractivity (Wildman–Crippen MR) is 69.3 cm³/mol. The van der Waals surface area contributed by atoms with Crippen LogP contribution in [0.3, 0.4) is 0 Å². The van der Waals surface area contributed by atoms with E-state index in [0.717, 1.165) is 5.56 Å². The second kappa shape index (κ2) is 5.16. The summed E-state index contributed by atoms with van der Waals surface area (Å²) >= 11 is 3.20. The molecule has 4 heteroatoms. The summed E-state index contributed by atoms with van der Waals surface area (Å²) in [6, 6.07) is 8.59. The minimum atomic E-state index is -1.32. The third kappa shape index (κ3) is 2.60. The van der Waals surface area contributed by atoms with E-state index in [0.29, 0.717) is 4.47 Å². The van der Waals surface area contributed by atoms with E-state index in [4.69, 9.17) is 0 Å². The van der Waals surface area contributed by atoms with Crippen molar-refractivity contribution in [2.45, 2.75) is 13.0 Å². The van der Waals surface area contributed by atoms with Crippen LogP contribution in [0, 0.1) is 18.6 Å². The predicted octanol–water partition coefficient (Wildman–Crippen LogP) is 4.12. The largest absolute Gasteiger partial charge is 0.383 e. The molecular weight excluding hydrogens is 302 g/mol. The lowest BCUT2D eigenvalue weighted by atomic mass is 9.99. The van der Waals surface area contributed by atoms with Gasteiger partial charge in [-0.2, -0.15) is 0 Å². The van der Waals surface area contributed by atoms with Crippen molar-refractivity contribution in [2.75, 3.05) is 0 Å². The molecule has 0 radical (unpaired) electrons. The molecule has 94 valence electrons. The molecule has 0 bridgehead atoms. The van der Waals surface area contributed by atoms with E-state index < -0.39 is 17.7 Å². The standard InChI is InChI=1S/C14H11BrF2O/c1-8-2-4-12(16)10(6-8)14(18)11-7-9(15)3-5-13(11)17/h2-7,14,18H,1H3. The molecular formula is C14H11BrF2O. The summed E-state index contributed by atoms with van der Waals surface area (Å²) in [5.41, 5.74) is 0.932. The number of halogens is 3. The summed E-state index contributed by atoms with van der Waals surface area (Å²) in [6.07, 6.45) is -1.32. The second-order valence-corrected chi connectivity index (χ2v) is 5.01. The van der Waals surface area contributed by atoms with Gasteiger partial charge in [-0.1, -0.05) is 33.6 Å². The molecule has 2 aromatic carbocycles. The topological polar surface area (TPSA) is 20.2 Å². The van der Waals surface area contributed by atoms with Crippen molar-refractivity contribution in [2.24, 2.45) is 0 Å². The Bertz CT molecular complexity index is 533. The number of hydrogen-bond acceptors (Lipinski definition) is 1. The van der Waals surface area contributed by atoms with Gasteiger partial charge in [0.2, 0.25) is 0 Å². The lowest BCUT2D eigenvalue weighted by Gasteiger charge is -2.14. The van der Waals surface area contributed by atoms with Crippen LogP contribution in [-0.4, -0.2) is 5.11 Å². The maximum atomic E-state index is 13.6. The first-order valence-corrected chi connectivity index (χ1v) is 6.17. The van der Waals surface area contributed by atoms with Crippen molar-refractivity contribution < 1.29 is 13.9 Å². The lowest BCUT2D eigenvalue weighted by Crippen LogP contribution is -2.05. The van der Waals surface area contributed by atoms with E-state index in [1.54, 1.807) is 13.0 Å². The number of aliphatic hydroxyl groups is 1. The minimum Gasteiger partial charge on any atom is -0.383 e. The Morgan fingerprint density at radius 2 is 1.56 bits per heavy atom. The quantitative estimate of drug-likeness (QED) is 0.884. The molecule has 0 heterocycles. The molecule has 2 rings (SSSR count). The van der Waals surface area contributed by atoms with Crippen LogP contribution in [0.4, 0.5) is 8.78 Å². The van der Waals surface area contributed by atoms with Crippen molar-refractivity contribution in [3.05, 3.63) is 69.2 Å². The monoisotopic (exact) mass is 312 g/mol. The van der Waals surface area contributed by atoms with Crippen LogP contribution in [0.2, 0.25) is 0 Å². The molecule has 0 aromatic heterocycles. The first-order chi connectivity index (χ1) is 8.49. The summed E-state index contributed by atoms with van der Waals surface area (Å²) in [6.45, 7) is 1.78. The fourth-order valence-corrected chi connectivity index (χ4v) is 2.14. The molecule has 0 aliphatic rings. The van der Waals surface area contributed by atoms with Crippen LogP contribution in [-0.2, 0) is 0 Å². The average molecular weight is 313 g/mol. The van der Waals surface area contributed by atoms with E-state index in [9.17, 15) is 13.9 Å². The summed E-state index contributed by atoms with van der Waals surface area (Å²) < 4.78 is 27.9. The first-order valence-electron chi connectivity index (χ1n) is 5.38. The molecule has 18 heavy (non-hydrogen) atoms. The van der Waals surface area contributed by atoms with Gasteiger partial charge in [-0.3, -0.25) is 0 Å². The summed E-state index contributed by atoms with van der Waals surface area (Å²) in [5.74, 6) is -1.11. The van der Waals surface area contributed by atoms with Crippen LogP contribution in [0.5, 0.6) is 0 Å². The van der Waals surface area contributed by atoms with Crippen molar-refractivity contribution in [1.82, 2.24) is 0 Å². The number of aryl methyl sites for hydroxylation is 1. The Kier molecular flexibility index (Phi) is 3.78. The smallest absolute Gasteiger partial charge is 0.129 e. The van der Waals surface area contributed by atoms with Gasteiger partial charge in [0.1, 0.15) is 17.7 Å². The molecule has 1 atom stereocenters. The van der Waals surface area contributed by atoms with E-state index >= 15 is 0 Å². The van der Waals surface area contributed by atoms with Gasteiger partial charge in [0.15, 0.2) is 0 Å². The first kappa shape index (κ1) is 13.2. The number of hydrogen-bond donors (Lipinski definition) is 1. The van der Waals surface area contributed by atoms with Gasteiger partial charge in [0.25, 0.3) is 0 Å². The summed E-state index contributed by atoms with van der Waals surface area (Å²) in [5, 5.41) is 10.1. The molecule has 0 spiro atoms. The molecule has 0 aliphatic heterocycles. The van der Waals surface area contributed by atoms with Crippen LogP contribution in [0.25, 0.3) is 0 Å². The second-order valence-electron chi connectivity index (χ2n) is 4.09. The van der Waals surface area contributed by atoms with E-state index in [1.165, 1.54) is 30.3 Å². The average Bonchev–Trinajstić information content (AvgIpc) is 2.34. The van der Waals surface area contributed by atoms with Gasteiger partial charge in [-0.05, 0) is 31.2 Å². The van der Waals surface area contributed by atoms with Crippen molar-refractivity contribution >= 4 is 15.9 Å². The van der Waals surface area contributed by atoms with Gasteiger partial charge in [0, 0.05) is 15.6 Å². The highest BCUT2D eigenvalue weighted by Gasteiger charge is 2.18. The normalized spacial score (nSPS) is 12.5. The molecule has 0 saturated carbocycles. The maximum absolute atomic E-state index is 13.6. The van der Waals surface area contributed by atoms with Crippen LogP contribution >= 0.6 is 15.9 Å². The van der Waals surface area contributed by atoms with Crippen molar-refractivity contribution in [1.29, 1.82) is 0 Å². The van der Waals surface area contributed by atoms with Crippen LogP contribution in [0.1, 0.15) is 22.8 Å². The lowest BCUT2D eigenvalue weighted by molar-refractivity contribution is 0.209. The molecule has 2 aromatic rings. The number of benzene rings is 2. The fraction of sp³-hybridized carbons (Fsp3) is 0.143. The van der Waals surface area contributed by atoms with Crippen molar-refractivity contribution in [3.63, 3.8) is 0 Å². The Labute approximate surface area is 112 Å². The van der Waals surface area contributed by atoms with E-state index in [2.05, 4.69) is 15.9 Å². The Morgan fingerprint density at radius 1 is 1.00 bits per heavy atom.